The lowest BCUT2D eigenvalue weighted by Gasteiger charge is -2.22. The zero-order valence-electron chi connectivity index (χ0n) is 29.6. The van der Waals surface area contributed by atoms with Crippen LogP contribution >= 0.6 is 0 Å². The second-order valence-electron chi connectivity index (χ2n) is 14.4. The predicted molar refractivity (Wildman–Crippen MR) is 233 cm³/mol. The number of rotatable bonds is 4. The van der Waals surface area contributed by atoms with Gasteiger partial charge in [0.2, 0.25) is 0 Å². The highest BCUT2D eigenvalue weighted by molar-refractivity contribution is 6.27. The molecular weight excluding hydrogens is 649 g/mol. The van der Waals surface area contributed by atoms with E-state index in [4.69, 9.17) is 0 Å². The van der Waals surface area contributed by atoms with Crippen molar-refractivity contribution < 1.29 is 0 Å². The molecule has 0 unspecified atom stereocenters. The van der Waals surface area contributed by atoms with E-state index in [2.05, 4.69) is 206 Å². The Morgan fingerprint density at radius 2 is 0.685 bits per heavy atom. The summed E-state index contributed by atoms with van der Waals surface area (Å²) in [6, 6.07) is 76.3. The van der Waals surface area contributed by atoms with Gasteiger partial charge in [0.1, 0.15) is 0 Å². The van der Waals surface area contributed by atoms with E-state index in [1.165, 1.54) is 109 Å². The SMILES string of the molecule is c1ccc(-c2c3ccccc3c(-c3cc4ccccc4c4ccccc34)c3cc(-c4ccc5ccccc5c4)ccc23)c(-c2cccc3ccccc23)c1. The number of hydrogen-bond acceptors (Lipinski definition) is 0. The maximum Gasteiger partial charge on any atom is -0.00197 e. The van der Waals surface area contributed by atoms with Gasteiger partial charge in [0.25, 0.3) is 0 Å². The van der Waals surface area contributed by atoms with E-state index in [-0.39, 0.29) is 0 Å². The second kappa shape index (κ2) is 12.3. The highest BCUT2D eigenvalue weighted by Crippen LogP contribution is 2.49. The fraction of sp³-hybridized carbons (Fsp3) is 0. The Kier molecular flexibility index (Phi) is 6.97. The number of benzene rings is 11. The van der Waals surface area contributed by atoms with Gasteiger partial charge in [-0.2, -0.15) is 0 Å². The van der Waals surface area contributed by atoms with Crippen LogP contribution < -0.4 is 0 Å². The van der Waals surface area contributed by atoms with Gasteiger partial charge in [-0.25, -0.2) is 0 Å². The quantitative estimate of drug-likeness (QED) is 0.128. The van der Waals surface area contributed by atoms with Gasteiger partial charge in [-0.1, -0.05) is 188 Å². The first-order valence-electron chi connectivity index (χ1n) is 18.8. The lowest BCUT2D eigenvalue weighted by Crippen LogP contribution is -1.94. The van der Waals surface area contributed by atoms with Crippen LogP contribution in [0.15, 0.2) is 206 Å². The Morgan fingerprint density at radius 3 is 1.48 bits per heavy atom. The van der Waals surface area contributed by atoms with Gasteiger partial charge < -0.3 is 0 Å². The molecule has 0 aliphatic heterocycles. The topological polar surface area (TPSA) is 0 Å². The van der Waals surface area contributed by atoms with Gasteiger partial charge in [-0.3, -0.25) is 0 Å². The molecule has 0 radical (unpaired) electrons. The Bertz CT molecular complexity index is 3270. The van der Waals surface area contributed by atoms with Gasteiger partial charge in [-0.15, -0.1) is 0 Å². The first-order valence-corrected chi connectivity index (χ1v) is 18.8. The molecule has 0 spiro atoms. The first-order chi connectivity index (χ1) is 26.8. The first kappa shape index (κ1) is 30.6. The van der Waals surface area contributed by atoms with Crippen LogP contribution in [-0.2, 0) is 0 Å². The van der Waals surface area contributed by atoms with Crippen molar-refractivity contribution in [2.45, 2.75) is 0 Å². The molecule has 250 valence electrons. The molecule has 0 atom stereocenters. The molecule has 0 aliphatic rings. The molecule has 0 heteroatoms. The molecule has 0 nitrogen and oxygen atoms in total. The van der Waals surface area contributed by atoms with Crippen molar-refractivity contribution in [3.05, 3.63) is 206 Å². The maximum absolute atomic E-state index is 2.45. The largest absolute Gasteiger partial charge is 0.0616 e. The summed E-state index contributed by atoms with van der Waals surface area (Å²) >= 11 is 0. The third-order valence-corrected chi connectivity index (χ3v) is 11.4. The highest BCUT2D eigenvalue weighted by Gasteiger charge is 2.22. The summed E-state index contributed by atoms with van der Waals surface area (Å²) in [4.78, 5) is 0. The van der Waals surface area contributed by atoms with Gasteiger partial charge >= 0.3 is 0 Å². The summed E-state index contributed by atoms with van der Waals surface area (Å²) in [6.45, 7) is 0. The Labute approximate surface area is 314 Å². The van der Waals surface area contributed by atoms with Crippen LogP contribution in [0.25, 0.3) is 109 Å². The molecule has 0 bridgehead atoms. The molecule has 0 fully saturated rings. The Hall–Kier alpha value is -7.02. The van der Waals surface area contributed by atoms with Crippen LogP contribution in [0.3, 0.4) is 0 Å². The molecule has 11 aromatic rings. The van der Waals surface area contributed by atoms with Crippen molar-refractivity contribution in [1.29, 1.82) is 0 Å². The molecule has 0 aromatic heterocycles. The van der Waals surface area contributed by atoms with E-state index in [1.807, 2.05) is 0 Å². The summed E-state index contributed by atoms with van der Waals surface area (Å²) < 4.78 is 0. The monoisotopic (exact) mass is 682 g/mol. The smallest absolute Gasteiger partial charge is 0.00197 e. The fourth-order valence-electron chi connectivity index (χ4n) is 8.96. The van der Waals surface area contributed by atoms with E-state index < -0.39 is 0 Å². The molecule has 54 heavy (non-hydrogen) atoms. The molecular formula is C54H34. The van der Waals surface area contributed by atoms with Crippen molar-refractivity contribution in [2.24, 2.45) is 0 Å². The van der Waals surface area contributed by atoms with Crippen molar-refractivity contribution in [2.75, 3.05) is 0 Å². The normalized spacial score (nSPS) is 11.7. The summed E-state index contributed by atoms with van der Waals surface area (Å²) in [7, 11) is 0. The average Bonchev–Trinajstić information content (AvgIpc) is 3.25. The fourth-order valence-corrected chi connectivity index (χ4v) is 8.96. The zero-order chi connectivity index (χ0) is 35.6. The zero-order valence-corrected chi connectivity index (χ0v) is 29.6. The Morgan fingerprint density at radius 1 is 0.185 bits per heavy atom. The molecule has 0 amide bonds. The summed E-state index contributed by atoms with van der Waals surface area (Å²) in [5.41, 5.74) is 9.96. The molecule has 0 N–H and O–H groups in total. The van der Waals surface area contributed by atoms with Gasteiger partial charge in [0, 0.05) is 0 Å². The predicted octanol–water partition coefficient (Wildman–Crippen LogP) is 15.3. The minimum absolute atomic E-state index is 1.21. The lowest BCUT2D eigenvalue weighted by molar-refractivity contribution is 1.63. The molecule has 0 aliphatic carbocycles. The minimum atomic E-state index is 1.21. The van der Waals surface area contributed by atoms with Crippen molar-refractivity contribution in [3.8, 4) is 44.5 Å². The van der Waals surface area contributed by atoms with Crippen molar-refractivity contribution in [3.63, 3.8) is 0 Å². The van der Waals surface area contributed by atoms with Crippen LogP contribution in [0.1, 0.15) is 0 Å². The Balaban J connectivity index is 1.29. The van der Waals surface area contributed by atoms with E-state index >= 15 is 0 Å². The van der Waals surface area contributed by atoms with Gasteiger partial charge in [0.15, 0.2) is 0 Å². The van der Waals surface area contributed by atoms with Gasteiger partial charge in [-0.05, 0) is 127 Å². The molecule has 0 saturated heterocycles. The second-order valence-corrected chi connectivity index (χ2v) is 14.4. The maximum atomic E-state index is 2.45. The van der Waals surface area contributed by atoms with Crippen LogP contribution in [0.4, 0.5) is 0 Å². The molecule has 0 saturated carbocycles. The van der Waals surface area contributed by atoms with E-state index in [0.717, 1.165) is 0 Å². The number of hydrogen-bond donors (Lipinski definition) is 0. The average molecular weight is 683 g/mol. The van der Waals surface area contributed by atoms with Crippen molar-refractivity contribution in [1.82, 2.24) is 0 Å². The van der Waals surface area contributed by atoms with Crippen LogP contribution in [0.5, 0.6) is 0 Å². The molecule has 11 aromatic carbocycles. The third kappa shape index (κ3) is 4.78. The third-order valence-electron chi connectivity index (χ3n) is 11.4. The lowest BCUT2D eigenvalue weighted by atomic mass is 9.81. The molecule has 0 heterocycles. The van der Waals surface area contributed by atoms with Crippen LogP contribution in [0, 0.1) is 0 Å². The van der Waals surface area contributed by atoms with E-state index in [1.54, 1.807) is 0 Å². The highest BCUT2D eigenvalue weighted by atomic mass is 14.2. The van der Waals surface area contributed by atoms with Crippen molar-refractivity contribution >= 4 is 64.6 Å². The van der Waals surface area contributed by atoms with Gasteiger partial charge in [0.05, 0.1) is 0 Å². The summed E-state index contributed by atoms with van der Waals surface area (Å²) in [5, 5.41) is 15.1. The summed E-state index contributed by atoms with van der Waals surface area (Å²) in [6.07, 6.45) is 0. The minimum Gasteiger partial charge on any atom is -0.0616 e. The van der Waals surface area contributed by atoms with Crippen LogP contribution in [0.2, 0.25) is 0 Å². The standard InChI is InChI=1S/C54H34/c1-2-16-37-32-38(29-28-35(37)14-1)39-30-31-50-52(33-39)54(51-34-40-17-4-6-20-42(40)43-21-7-8-23-46(43)51)49-26-12-11-25-48(49)53(50)47-24-10-9-22-45(47)44-27-13-18-36-15-3-5-19-41(36)44/h1-34H. The van der Waals surface area contributed by atoms with E-state index in [9.17, 15) is 0 Å². The number of fused-ring (bicyclic) bond motifs is 7. The summed E-state index contributed by atoms with van der Waals surface area (Å²) in [5.74, 6) is 0. The van der Waals surface area contributed by atoms with Crippen LogP contribution in [-0.4, -0.2) is 0 Å². The molecule has 11 rings (SSSR count). The van der Waals surface area contributed by atoms with E-state index in [0.29, 0.717) is 0 Å².